The minimum atomic E-state index is -2.52. The van der Waals surface area contributed by atoms with Crippen molar-refractivity contribution in [3.8, 4) is 11.3 Å². The second-order valence-corrected chi connectivity index (χ2v) is 6.01. The Morgan fingerprint density at radius 1 is 1.28 bits per heavy atom. The maximum absolute atomic E-state index is 14.5. The number of benzene rings is 2. The first kappa shape index (κ1) is 12.2. The molecule has 4 heteroatoms. The topological polar surface area (TPSA) is 21.4 Å². The minimum absolute atomic E-state index is 0.312. The smallest absolute Gasteiger partial charge is 0.229 e. The van der Waals surface area contributed by atoms with E-state index in [1.54, 1.807) is 23.7 Å². The van der Waals surface area contributed by atoms with E-state index in [4.69, 9.17) is 15.1 Å². The van der Waals surface area contributed by atoms with E-state index in [-0.39, 0.29) is 5.56 Å². The number of hydrogen-bond acceptors (Lipinski definition) is 1. The fourth-order valence-corrected chi connectivity index (χ4v) is 3.30. The van der Waals surface area contributed by atoms with Crippen molar-refractivity contribution >= 4 is 27.6 Å². The number of pyridine rings is 1. The molecule has 0 aliphatic rings. The summed E-state index contributed by atoms with van der Waals surface area (Å²) in [6.07, 6.45) is 1.31. The fourth-order valence-electron chi connectivity index (χ4n) is 3.30. The van der Waals surface area contributed by atoms with Crippen LogP contribution in [0, 0.1) is 26.2 Å². The van der Waals surface area contributed by atoms with Crippen LogP contribution in [0.2, 0.25) is 0 Å². The van der Waals surface area contributed by atoms with Crippen LogP contribution in [0.15, 0.2) is 47.0 Å². The highest BCUT2D eigenvalue weighted by Crippen LogP contribution is 2.39. The van der Waals surface area contributed by atoms with Crippen molar-refractivity contribution in [2.24, 2.45) is 7.05 Å². The molecule has 25 heavy (non-hydrogen) atoms. The van der Waals surface area contributed by atoms with Crippen molar-refractivity contribution in [2.75, 3.05) is 0 Å². The largest absolute Gasteiger partial charge is 0.467 e. The number of hydrogen-bond donors (Lipinski definition) is 0. The first-order valence-corrected chi connectivity index (χ1v) is 7.74. The van der Waals surface area contributed by atoms with Crippen molar-refractivity contribution in [3.05, 3.63) is 71.0 Å². The summed E-state index contributed by atoms with van der Waals surface area (Å²) in [5.41, 5.74) is 3.49. The van der Waals surface area contributed by atoms with Gasteiger partial charge in [0.1, 0.15) is 24.0 Å². The summed E-state index contributed by atoms with van der Waals surface area (Å²) < 4.78 is 44.5. The van der Waals surface area contributed by atoms with Gasteiger partial charge in [-0.15, -0.1) is 0 Å². The average molecular weight is 334 g/mol. The van der Waals surface area contributed by atoms with E-state index >= 15 is 0 Å². The molecule has 4 aromatic rings. The molecule has 2 aromatic heterocycles. The van der Waals surface area contributed by atoms with Crippen molar-refractivity contribution in [1.29, 1.82) is 0 Å². The number of halogens is 1. The van der Waals surface area contributed by atoms with E-state index in [1.165, 1.54) is 12.3 Å². The van der Waals surface area contributed by atoms with E-state index < -0.39 is 12.7 Å². The van der Waals surface area contributed by atoms with Crippen LogP contribution < -0.4 is 4.57 Å². The van der Waals surface area contributed by atoms with Crippen molar-refractivity contribution < 1.29 is 17.5 Å². The van der Waals surface area contributed by atoms with Crippen LogP contribution in [0.5, 0.6) is 0 Å². The Hall–Kier alpha value is -3.19. The lowest BCUT2D eigenvalue weighted by Gasteiger charge is -2.07. The quantitative estimate of drug-likeness (QED) is 0.338. The van der Waals surface area contributed by atoms with E-state index in [9.17, 15) is 4.39 Å². The monoisotopic (exact) mass is 334 g/mol. The van der Waals surface area contributed by atoms with Crippen LogP contribution in [0.3, 0.4) is 0 Å². The molecule has 122 valence electrons. The standard InChI is InChI=1S/C21H16FN2O/c1-12-11-24(4)18(10-16(12)22)14-8-9-19-20(13(14)2)15-6-5-7-17(23-3)21(15)25-19/h5-11H,1-2,4H3/q+1/i1D3. The zero-order chi connectivity index (χ0) is 20.2. The third kappa shape index (κ3) is 2.20. The van der Waals surface area contributed by atoms with Gasteiger partial charge in [0.25, 0.3) is 0 Å². The second kappa shape index (κ2) is 5.42. The molecule has 0 N–H and O–H groups in total. The summed E-state index contributed by atoms with van der Waals surface area (Å²) in [4.78, 5) is 3.51. The Morgan fingerprint density at radius 3 is 2.88 bits per heavy atom. The molecule has 0 radical (unpaired) electrons. The molecule has 0 unspecified atom stereocenters. The molecule has 2 heterocycles. The van der Waals surface area contributed by atoms with Crippen molar-refractivity contribution in [3.63, 3.8) is 0 Å². The van der Waals surface area contributed by atoms with Gasteiger partial charge in [-0.3, -0.25) is 0 Å². The predicted molar refractivity (Wildman–Crippen MR) is 96.0 cm³/mol. The molecule has 0 aliphatic carbocycles. The van der Waals surface area contributed by atoms with Gasteiger partial charge in [0, 0.05) is 26.5 Å². The van der Waals surface area contributed by atoms with Crippen molar-refractivity contribution in [2.45, 2.75) is 13.8 Å². The van der Waals surface area contributed by atoms with Gasteiger partial charge in [-0.25, -0.2) is 13.8 Å². The van der Waals surface area contributed by atoms with Gasteiger partial charge in [-0.1, -0.05) is 18.2 Å². The molecule has 0 saturated carbocycles. The Labute approximate surface area is 149 Å². The first-order chi connectivity index (χ1) is 13.2. The van der Waals surface area contributed by atoms with Gasteiger partial charge < -0.3 is 4.42 Å². The van der Waals surface area contributed by atoms with Crippen LogP contribution in [0.4, 0.5) is 10.1 Å². The lowest BCUT2D eigenvalue weighted by atomic mass is 9.98. The van der Waals surface area contributed by atoms with E-state index in [0.29, 0.717) is 22.5 Å². The normalized spacial score (nSPS) is 13.4. The molecule has 0 fully saturated rings. The number of nitrogens with zero attached hydrogens (tertiary/aromatic N) is 2. The first-order valence-electron chi connectivity index (χ1n) is 9.24. The SMILES string of the molecule is [2H]C([2H])([2H])c1c[n+](C)c(-c2ccc3oc4c([N+]#[C-])cccc4c3c2C)cc1F. The maximum atomic E-state index is 14.5. The molecule has 2 aromatic carbocycles. The third-order valence-corrected chi connectivity index (χ3v) is 4.52. The van der Waals surface area contributed by atoms with Crippen LogP contribution in [-0.2, 0) is 7.05 Å². The fraction of sp³-hybridized carbons (Fsp3) is 0.143. The number of furan rings is 1. The zero-order valence-corrected chi connectivity index (χ0v) is 13.7. The number of fused-ring (bicyclic) bond motifs is 3. The van der Waals surface area contributed by atoms with Crippen LogP contribution in [0.25, 0.3) is 38.0 Å². The Kier molecular flexibility index (Phi) is 2.65. The van der Waals surface area contributed by atoms with Gasteiger partial charge in [-0.05, 0) is 31.5 Å². The lowest BCUT2D eigenvalue weighted by molar-refractivity contribution is -0.661. The molecular weight excluding hydrogens is 315 g/mol. The number of aryl methyl sites for hydroxylation is 3. The summed E-state index contributed by atoms with van der Waals surface area (Å²) in [5, 5.41) is 1.68. The molecule has 4 rings (SSSR count). The van der Waals surface area contributed by atoms with Crippen LogP contribution in [-0.4, -0.2) is 0 Å². The molecular formula is C21H16FN2O+. The molecule has 3 nitrogen and oxygen atoms in total. The number of rotatable bonds is 1. The maximum Gasteiger partial charge on any atom is 0.229 e. The summed E-state index contributed by atoms with van der Waals surface area (Å²) in [5.74, 6) is -0.764. The summed E-state index contributed by atoms with van der Waals surface area (Å²) in [7, 11) is 1.69. The summed E-state index contributed by atoms with van der Waals surface area (Å²) >= 11 is 0. The zero-order valence-electron chi connectivity index (χ0n) is 16.7. The van der Waals surface area contributed by atoms with E-state index in [1.807, 2.05) is 25.1 Å². The molecule has 0 amide bonds. The van der Waals surface area contributed by atoms with Gasteiger partial charge >= 0.3 is 0 Å². The predicted octanol–water partition coefficient (Wildman–Crippen LogP) is 5.38. The third-order valence-electron chi connectivity index (χ3n) is 4.52. The van der Waals surface area contributed by atoms with Gasteiger partial charge in [0.15, 0.2) is 6.20 Å². The molecule has 0 atom stereocenters. The molecule has 0 bridgehead atoms. The van der Waals surface area contributed by atoms with Crippen LogP contribution in [0.1, 0.15) is 15.2 Å². The van der Waals surface area contributed by atoms with Gasteiger partial charge in [0.05, 0.1) is 12.1 Å². The van der Waals surface area contributed by atoms with E-state index in [2.05, 4.69) is 4.85 Å². The number of para-hydroxylation sites is 1. The summed E-state index contributed by atoms with van der Waals surface area (Å²) in [6, 6.07) is 10.3. The van der Waals surface area contributed by atoms with E-state index in [0.717, 1.165) is 21.9 Å². The highest BCUT2D eigenvalue weighted by molar-refractivity contribution is 6.11. The second-order valence-electron chi connectivity index (χ2n) is 6.01. The Bertz CT molecular complexity index is 1300. The molecule has 0 saturated heterocycles. The molecule has 0 spiro atoms. The highest BCUT2D eigenvalue weighted by atomic mass is 19.1. The Balaban J connectivity index is 2.01. The summed E-state index contributed by atoms with van der Waals surface area (Å²) in [6.45, 7) is 6.72. The lowest BCUT2D eigenvalue weighted by Crippen LogP contribution is -2.31. The van der Waals surface area contributed by atoms with Crippen LogP contribution >= 0.6 is 0 Å². The van der Waals surface area contributed by atoms with Gasteiger partial charge in [0.2, 0.25) is 11.4 Å². The van der Waals surface area contributed by atoms with Crippen molar-refractivity contribution in [1.82, 2.24) is 0 Å². The Morgan fingerprint density at radius 2 is 2.12 bits per heavy atom. The van der Waals surface area contributed by atoms with Gasteiger partial charge in [-0.2, -0.15) is 0 Å². The minimum Gasteiger partial charge on any atom is -0.467 e. The highest BCUT2D eigenvalue weighted by Gasteiger charge is 2.20. The number of aromatic nitrogens is 1. The molecule has 0 aliphatic heterocycles. The average Bonchev–Trinajstić information content (AvgIpc) is 3.02.